The molecule has 0 saturated carbocycles. The van der Waals surface area contributed by atoms with Gasteiger partial charge in [0.2, 0.25) is 0 Å². The maximum Gasteiger partial charge on any atom is 0.196 e. The highest BCUT2D eigenvalue weighted by Crippen LogP contribution is 2.42. The summed E-state index contributed by atoms with van der Waals surface area (Å²) < 4.78 is 0. The van der Waals surface area contributed by atoms with E-state index in [-0.39, 0.29) is 11.6 Å². The lowest BCUT2D eigenvalue weighted by atomic mass is 9.83. The highest BCUT2D eigenvalue weighted by atomic mass is 32.1. The molecule has 6 heteroatoms. The zero-order valence-corrected chi connectivity index (χ0v) is 20.3. The van der Waals surface area contributed by atoms with E-state index in [4.69, 9.17) is 0 Å². The van der Waals surface area contributed by atoms with E-state index in [1.807, 2.05) is 6.07 Å². The Hall–Kier alpha value is -4.16. The number of fused-ring (bicyclic) bond motifs is 3. The van der Waals surface area contributed by atoms with Crippen LogP contribution in [0, 0.1) is 20.8 Å². The fourth-order valence-electron chi connectivity index (χ4n) is 4.76. The standard InChI is InChI=1S/C29H21N3O2S/c1-15-11-12-18(13-16(15)2)23-17(3)35-29-25(23)28(30-14-31-29)32-22-10-6-9-21-24(22)27(34)20-8-5-4-7-19(20)26(21)33/h4-14H,1-3H3,(H,30,31,32). The number of ketones is 2. The van der Waals surface area contributed by atoms with Gasteiger partial charge in [0.1, 0.15) is 17.0 Å². The van der Waals surface area contributed by atoms with Crippen LogP contribution in [0.15, 0.2) is 67.0 Å². The number of carbonyl (C=O) groups excluding carboxylic acids is 2. The third kappa shape index (κ3) is 3.29. The van der Waals surface area contributed by atoms with Crippen molar-refractivity contribution in [3.8, 4) is 11.1 Å². The van der Waals surface area contributed by atoms with E-state index in [1.54, 1.807) is 47.7 Å². The predicted octanol–water partition coefficient (Wildman–Crippen LogP) is 6.80. The SMILES string of the molecule is Cc1ccc(-c2c(C)sc3ncnc(Nc4cccc5c4C(=O)c4ccccc4C5=O)c23)cc1C. The molecule has 0 amide bonds. The van der Waals surface area contributed by atoms with Crippen molar-refractivity contribution in [3.63, 3.8) is 0 Å². The number of thiophene rings is 1. The number of aromatic nitrogens is 2. The van der Waals surface area contributed by atoms with Gasteiger partial charge in [0.15, 0.2) is 11.6 Å². The van der Waals surface area contributed by atoms with Crippen LogP contribution in [0.4, 0.5) is 11.5 Å². The minimum atomic E-state index is -0.167. The molecule has 5 nitrogen and oxygen atoms in total. The number of aryl methyl sites for hydroxylation is 3. The average Bonchev–Trinajstić information content (AvgIpc) is 3.21. The van der Waals surface area contributed by atoms with Crippen LogP contribution in [0.3, 0.4) is 0 Å². The predicted molar refractivity (Wildman–Crippen MR) is 140 cm³/mol. The fourth-order valence-corrected chi connectivity index (χ4v) is 5.77. The molecule has 3 aromatic carbocycles. The number of nitrogens with zero attached hydrogens (tertiary/aromatic N) is 2. The van der Waals surface area contributed by atoms with Gasteiger partial charge in [-0.25, -0.2) is 9.97 Å². The molecule has 1 aliphatic rings. The van der Waals surface area contributed by atoms with Crippen LogP contribution in [0.1, 0.15) is 47.8 Å². The molecule has 170 valence electrons. The van der Waals surface area contributed by atoms with Crippen LogP contribution >= 0.6 is 11.3 Å². The van der Waals surface area contributed by atoms with E-state index >= 15 is 0 Å². The minimum absolute atomic E-state index is 0.145. The maximum absolute atomic E-state index is 13.5. The zero-order chi connectivity index (χ0) is 24.3. The molecular formula is C29H21N3O2S. The Bertz CT molecular complexity index is 1700. The normalized spacial score (nSPS) is 12.5. The zero-order valence-electron chi connectivity index (χ0n) is 19.5. The number of nitrogens with one attached hydrogen (secondary N) is 1. The van der Waals surface area contributed by atoms with Gasteiger partial charge in [0.25, 0.3) is 0 Å². The Labute approximate surface area is 206 Å². The molecular weight excluding hydrogens is 454 g/mol. The van der Waals surface area contributed by atoms with E-state index in [2.05, 4.69) is 54.3 Å². The highest BCUT2D eigenvalue weighted by molar-refractivity contribution is 7.19. The van der Waals surface area contributed by atoms with E-state index in [0.717, 1.165) is 26.2 Å². The quantitative estimate of drug-likeness (QED) is 0.305. The van der Waals surface area contributed by atoms with Crippen molar-refractivity contribution in [2.24, 2.45) is 0 Å². The maximum atomic E-state index is 13.5. The summed E-state index contributed by atoms with van der Waals surface area (Å²) in [6.45, 7) is 6.29. The molecule has 2 aromatic heterocycles. The fraction of sp³-hybridized carbons (Fsp3) is 0.103. The Morgan fingerprint density at radius 1 is 0.743 bits per heavy atom. The molecule has 1 aliphatic carbocycles. The monoisotopic (exact) mass is 475 g/mol. The summed E-state index contributed by atoms with van der Waals surface area (Å²) in [4.78, 5) is 37.7. The van der Waals surface area contributed by atoms with Gasteiger partial charge in [-0.2, -0.15) is 0 Å². The summed E-state index contributed by atoms with van der Waals surface area (Å²) in [7, 11) is 0. The molecule has 0 saturated heterocycles. The van der Waals surface area contributed by atoms with Crippen molar-refractivity contribution in [3.05, 3.63) is 105 Å². The first-order valence-corrected chi connectivity index (χ1v) is 12.2. The second-order valence-corrected chi connectivity index (χ2v) is 9.99. The summed E-state index contributed by atoms with van der Waals surface area (Å²) >= 11 is 1.62. The lowest BCUT2D eigenvalue weighted by Gasteiger charge is -2.20. The van der Waals surface area contributed by atoms with Crippen molar-refractivity contribution in [1.82, 2.24) is 9.97 Å². The molecule has 0 radical (unpaired) electrons. The second-order valence-electron chi connectivity index (χ2n) is 8.79. The van der Waals surface area contributed by atoms with Crippen LogP contribution in [-0.4, -0.2) is 21.5 Å². The van der Waals surface area contributed by atoms with Gasteiger partial charge in [-0.3, -0.25) is 9.59 Å². The van der Waals surface area contributed by atoms with Crippen molar-refractivity contribution < 1.29 is 9.59 Å². The summed E-state index contributed by atoms with van der Waals surface area (Å²) in [5.74, 6) is 0.299. The van der Waals surface area contributed by atoms with Gasteiger partial charge in [-0.1, -0.05) is 54.6 Å². The molecule has 0 spiro atoms. The minimum Gasteiger partial charge on any atom is -0.339 e. The second kappa shape index (κ2) is 7.96. The third-order valence-electron chi connectivity index (χ3n) is 6.67. The van der Waals surface area contributed by atoms with Gasteiger partial charge >= 0.3 is 0 Å². The first-order chi connectivity index (χ1) is 16.9. The molecule has 35 heavy (non-hydrogen) atoms. The molecule has 0 aliphatic heterocycles. The number of benzene rings is 3. The van der Waals surface area contributed by atoms with E-state index in [0.29, 0.717) is 33.8 Å². The smallest absolute Gasteiger partial charge is 0.196 e. The van der Waals surface area contributed by atoms with Gasteiger partial charge in [0, 0.05) is 27.1 Å². The Morgan fingerprint density at radius 2 is 1.49 bits per heavy atom. The Balaban J connectivity index is 1.53. The van der Waals surface area contributed by atoms with Crippen LogP contribution in [0.25, 0.3) is 21.3 Å². The largest absolute Gasteiger partial charge is 0.339 e. The third-order valence-corrected chi connectivity index (χ3v) is 7.68. The van der Waals surface area contributed by atoms with E-state index < -0.39 is 0 Å². The molecule has 0 fully saturated rings. The van der Waals surface area contributed by atoms with Crippen molar-refractivity contribution >= 4 is 44.6 Å². The topological polar surface area (TPSA) is 72.0 Å². The molecule has 0 atom stereocenters. The highest BCUT2D eigenvalue weighted by Gasteiger charge is 2.31. The summed E-state index contributed by atoms with van der Waals surface area (Å²) in [6.07, 6.45) is 1.53. The number of hydrogen-bond acceptors (Lipinski definition) is 6. The van der Waals surface area contributed by atoms with Crippen LogP contribution in [0.5, 0.6) is 0 Å². The molecule has 0 unspecified atom stereocenters. The van der Waals surface area contributed by atoms with Gasteiger partial charge < -0.3 is 5.32 Å². The lowest BCUT2D eigenvalue weighted by Crippen LogP contribution is -2.22. The van der Waals surface area contributed by atoms with Gasteiger partial charge in [-0.05, 0) is 43.5 Å². The van der Waals surface area contributed by atoms with Crippen LogP contribution in [-0.2, 0) is 0 Å². The average molecular weight is 476 g/mol. The van der Waals surface area contributed by atoms with E-state index in [9.17, 15) is 9.59 Å². The van der Waals surface area contributed by atoms with Crippen LogP contribution in [0.2, 0.25) is 0 Å². The van der Waals surface area contributed by atoms with Gasteiger partial charge in [-0.15, -0.1) is 11.3 Å². The molecule has 6 rings (SSSR count). The Kier molecular flexibility index (Phi) is 4.86. The molecule has 5 aromatic rings. The number of carbonyl (C=O) groups is 2. The van der Waals surface area contributed by atoms with Gasteiger partial charge in [0.05, 0.1) is 16.6 Å². The molecule has 0 bridgehead atoms. The number of anilines is 2. The van der Waals surface area contributed by atoms with Crippen molar-refractivity contribution in [1.29, 1.82) is 0 Å². The molecule has 1 N–H and O–H groups in total. The summed E-state index contributed by atoms with van der Waals surface area (Å²) in [6, 6.07) is 18.7. The van der Waals surface area contributed by atoms with Crippen molar-refractivity contribution in [2.45, 2.75) is 20.8 Å². The van der Waals surface area contributed by atoms with Crippen molar-refractivity contribution in [2.75, 3.05) is 5.32 Å². The molecule has 2 heterocycles. The summed E-state index contributed by atoms with van der Waals surface area (Å²) in [5, 5.41) is 4.30. The first-order valence-electron chi connectivity index (χ1n) is 11.3. The van der Waals surface area contributed by atoms with Crippen LogP contribution < -0.4 is 5.32 Å². The Morgan fingerprint density at radius 3 is 2.26 bits per heavy atom. The summed E-state index contributed by atoms with van der Waals surface area (Å²) in [5.41, 5.74) is 6.84. The first kappa shape index (κ1) is 21.4. The lowest BCUT2D eigenvalue weighted by molar-refractivity contribution is 0.0979. The number of hydrogen-bond donors (Lipinski definition) is 1. The van der Waals surface area contributed by atoms with E-state index in [1.165, 1.54) is 17.5 Å². The number of rotatable bonds is 3.